The zero-order valence-electron chi connectivity index (χ0n) is 14.9. The zero-order valence-corrected chi connectivity index (χ0v) is 15.8. The van der Waals surface area contributed by atoms with Crippen molar-refractivity contribution in [3.8, 4) is 0 Å². The van der Waals surface area contributed by atoms with E-state index >= 15 is 0 Å². The summed E-state index contributed by atoms with van der Waals surface area (Å²) in [5.74, 6) is 0.293. The van der Waals surface area contributed by atoms with Crippen LogP contribution in [-0.2, 0) is 29.4 Å². The molecule has 0 N–H and O–H groups in total. The highest BCUT2D eigenvalue weighted by molar-refractivity contribution is 7.89. The van der Waals surface area contributed by atoms with Gasteiger partial charge in [0.15, 0.2) is 5.76 Å². The van der Waals surface area contributed by atoms with Crippen molar-refractivity contribution in [3.63, 3.8) is 0 Å². The van der Waals surface area contributed by atoms with Crippen LogP contribution in [-0.4, -0.2) is 40.2 Å². The molecule has 0 aromatic carbocycles. The average molecular weight is 378 g/mol. The second-order valence-electron chi connectivity index (χ2n) is 7.06. The molecule has 1 atom stereocenters. The quantitative estimate of drug-likeness (QED) is 0.793. The van der Waals surface area contributed by atoms with Gasteiger partial charge in [-0.25, -0.2) is 13.1 Å². The van der Waals surface area contributed by atoms with Gasteiger partial charge in [-0.1, -0.05) is 5.16 Å². The number of sulfonamides is 1. The second kappa shape index (κ2) is 6.31. The number of rotatable bonds is 4. The molecule has 0 radical (unpaired) electrons. The molecule has 140 valence electrons. The predicted molar refractivity (Wildman–Crippen MR) is 93.4 cm³/mol. The fourth-order valence-electron chi connectivity index (χ4n) is 4.04. The lowest BCUT2D eigenvalue weighted by molar-refractivity contribution is 0.333. The molecule has 0 bridgehead atoms. The van der Waals surface area contributed by atoms with Crippen LogP contribution in [0, 0.1) is 13.8 Å². The van der Waals surface area contributed by atoms with Crippen molar-refractivity contribution >= 4 is 10.0 Å². The third kappa shape index (κ3) is 2.79. The maximum atomic E-state index is 13.1. The van der Waals surface area contributed by atoms with Crippen LogP contribution in [0.2, 0.25) is 0 Å². The number of nitrogens with zero attached hydrogens (tertiary/aromatic N) is 4. The van der Waals surface area contributed by atoms with Gasteiger partial charge in [0, 0.05) is 18.7 Å². The molecule has 8 nitrogen and oxygen atoms in total. The van der Waals surface area contributed by atoms with Crippen LogP contribution >= 0.6 is 0 Å². The molecule has 2 aliphatic rings. The maximum Gasteiger partial charge on any atom is 0.267 e. The molecule has 0 spiro atoms. The van der Waals surface area contributed by atoms with Crippen molar-refractivity contribution in [1.82, 2.24) is 19.2 Å². The molecule has 1 aliphatic carbocycles. The molecule has 1 aliphatic heterocycles. The summed E-state index contributed by atoms with van der Waals surface area (Å²) in [5, 5.41) is 8.25. The molecule has 1 saturated heterocycles. The van der Waals surface area contributed by atoms with Crippen molar-refractivity contribution in [2.75, 3.05) is 6.54 Å². The Bertz CT molecular complexity index is 989. The van der Waals surface area contributed by atoms with Crippen LogP contribution in [0.25, 0.3) is 0 Å². The molecule has 4 rings (SSSR count). The second-order valence-corrected chi connectivity index (χ2v) is 8.88. The van der Waals surface area contributed by atoms with Crippen LogP contribution in [0.4, 0.5) is 0 Å². The lowest BCUT2D eigenvalue weighted by Crippen LogP contribution is -2.41. The van der Waals surface area contributed by atoms with Gasteiger partial charge in [-0.3, -0.25) is 4.79 Å². The van der Waals surface area contributed by atoms with E-state index in [9.17, 15) is 13.2 Å². The van der Waals surface area contributed by atoms with Crippen molar-refractivity contribution in [2.45, 2.75) is 63.4 Å². The summed E-state index contributed by atoms with van der Waals surface area (Å²) in [6.07, 6.45) is 4.25. The number of hydrogen-bond acceptors (Lipinski definition) is 6. The van der Waals surface area contributed by atoms with Crippen LogP contribution in [0.1, 0.15) is 42.0 Å². The zero-order chi connectivity index (χ0) is 18.5. The first-order valence-electron chi connectivity index (χ1n) is 8.92. The molecular weight excluding hydrogens is 356 g/mol. The highest BCUT2D eigenvalue weighted by atomic mass is 32.2. The van der Waals surface area contributed by atoms with E-state index in [0.717, 1.165) is 36.9 Å². The summed E-state index contributed by atoms with van der Waals surface area (Å²) in [6.45, 7) is 3.93. The Morgan fingerprint density at radius 2 is 2.08 bits per heavy atom. The Labute approximate surface area is 151 Å². The summed E-state index contributed by atoms with van der Waals surface area (Å²) >= 11 is 0. The van der Waals surface area contributed by atoms with Gasteiger partial charge in [0.05, 0.1) is 12.2 Å². The maximum absolute atomic E-state index is 13.1. The first-order valence-corrected chi connectivity index (χ1v) is 10.4. The third-order valence-corrected chi connectivity index (χ3v) is 7.46. The highest BCUT2D eigenvalue weighted by Gasteiger charge is 2.39. The summed E-state index contributed by atoms with van der Waals surface area (Å²) in [4.78, 5) is 12.5. The largest absolute Gasteiger partial charge is 0.360 e. The molecule has 3 heterocycles. The fourth-order valence-corrected chi connectivity index (χ4v) is 6.02. The Morgan fingerprint density at radius 1 is 1.27 bits per heavy atom. The first-order chi connectivity index (χ1) is 12.4. The molecule has 26 heavy (non-hydrogen) atoms. The lowest BCUT2D eigenvalue weighted by Gasteiger charge is -2.24. The molecule has 0 amide bonds. The highest BCUT2D eigenvalue weighted by Crippen LogP contribution is 2.30. The monoisotopic (exact) mass is 378 g/mol. The summed E-state index contributed by atoms with van der Waals surface area (Å²) in [7, 11) is -3.72. The van der Waals surface area contributed by atoms with Gasteiger partial charge < -0.3 is 4.52 Å². The molecular formula is C17H22N4O4S. The summed E-state index contributed by atoms with van der Waals surface area (Å²) in [5.41, 5.74) is 2.19. The van der Waals surface area contributed by atoms with Crippen molar-refractivity contribution in [3.05, 3.63) is 39.1 Å². The Hall–Kier alpha value is -2.00. The van der Waals surface area contributed by atoms with Gasteiger partial charge in [-0.15, -0.1) is 0 Å². The van der Waals surface area contributed by atoms with E-state index in [0.29, 0.717) is 24.4 Å². The molecule has 9 heteroatoms. The van der Waals surface area contributed by atoms with Gasteiger partial charge >= 0.3 is 0 Å². The van der Waals surface area contributed by atoms with Crippen LogP contribution in [0.3, 0.4) is 0 Å². The van der Waals surface area contributed by atoms with E-state index in [4.69, 9.17) is 4.52 Å². The van der Waals surface area contributed by atoms with Gasteiger partial charge in [0.1, 0.15) is 10.6 Å². The molecule has 2 aromatic heterocycles. The van der Waals surface area contributed by atoms with Gasteiger partial charge in [-0.05, 0) is 51.5 Å². The van der Waals surface area contributed by atoms with E-state index in [1.807, 2.05) is 0 Å². The lowest BCUT2D eigenvalue weighted by atomic mass is 10.2. The van der Waals surface area contributed by atoms with E-state index in [1.54, 1.807) is 19.9 Å². The van der Waals surface area contributed by atoms with E-state index in [-0.39, 0.29) is 23.0 Å². The van der Waals surface area contributed by atoms with Crippen LogP contribution in [0.15, 0.2) is 20.3 Å². The standard InChI is InChI=1S/C17H22N4O4S/c1-11-17(12(2)25-19-11)26(23,24)21-8-4-6-14(21)10-20-16(22)9-13-5-3-7-15(13)18-20/h9,14H,3-8,10H2,1-2H3. The Balaban J connectivity index is 1.65. The normalized spacial score (nSPS) is 20.6. The average Bonchev–Trinajstić information content (AvgIpc) is 3.28. The number of fused-ring (bicyclic) bond motifs is 1. The predicted octanol–water partition coefficient (Wildman–Crippen LogP) is 1.19. The van der Waals surface area contributed by atoms with Crippen molar-refractivity contribution < 1.29 is 12.9 Å². The van der Waals surface area contributed by atoms with E-state index in [2.05, 4.69) is 10.3 Å². The molecule has 1 fully saturated rings. The molecule has 1 unspecified atom stereocenters. The number of aromatic nitrogens is 3. The molecule has 2 aromatic rings. The van der Waals surface area contributed by atoms with Crippen LogP contribution < -0.4 is 5.56 Å². The number of hydrogen-bond donors (Lipinski definition) is 0. The number of aryl methyl sites for hydroxylation is 4. The summed E-state index contributed by atoms with van der Waals surface area (Å²) < 4.78 is 34.2. The smallest absolute Gasteiger partial charge is 0.267 e. The fraction of sp³-hybridized carbons (Fsp3) is 0.588. The SMILES string of the molecule is Cc1noc(C)c1S(=O)(=O)N1CCCC1Cn1nc2c(cc1=O)CCC2. The van der Waals surface area contributed by atoms with Gasteiger partial charge in [0.25, 0.3) is 5.56 Å². The van der Waals surface area contributed by atoms with Crippen molar-refractivity contribution in [2.24, 2.45) is 0 Å². The minimum atomic E-state index is -3.72. The minimum absolute atomic E-state index is 0.138. The topological polar surface area (TPSA) is 98.3 Å². The van der Waals surface area contributed by atoms with E-state index < -0.39 is 10.0 Å². The van der Waals surface area contributed by atoms with Crippen LogP contribution in [0.5, 0.6) is 0 Å². The minimum Gasteiger partial charge on any atom is -0.360 e. The molecule has 0 saturated carbocycles. The van der Waals surface area contributed by atoms with Gasteiger partial charge in [0.2, 0.25) is 10.0 Å². The first kappa shape index (κ1) is 17.4. The Morgan fingerprint density at radius 3 is 2.81 bits per heavy atom. The van der Waals surface area contributed by atoms with E-state index in [1.165, 1.54) is 8.99 Å². The van der Waals surface area contributed by atoms with Gasteiger partial charge in [-0.2, -0.15) is 9.40 Å². The summed E-state index contributed by atoms with van der Waals surface area (Å²) in [6, 6.07) is 1.36. The Kier molecular flexibility index (Phi) is 4.23. The third-order valence-electron chi connectivity index (χ3n) is 5.27. The van der Waals surface area contributed by atoms with Crippen molar-refractivity contribution in [1.29, 1.82) is 0 Å².